The van der Waals surface area contributed by atoms with Crippen molar-refractivity contribution < 1.29 is 29.0 Å². The molecule has 1 fully saturated rings. The number of thiazole rings is 1. The van der Waals surface area contributed by atoms with E-state index in [1.165, 1.54) is 31.1 Å². The predicted octanol–water partition coefficient (Wildman–Crippen LogP) is 7.48. The number of nitrogens with two attached hydrogens (primary N) is 1. The summed E-state index contributed by atoms with van der Waals surface area (Å²) >= 11 is 1.24. The van der Waals surface area contributed by atoms with E-state index >= 15 is 0 Å². The molecule has 1 aromatic carbocycles. The molecule has 12 nitrogen and oxygen atoms in total. The van der Waals surface area contributed by atoms with Crippen LogP contribution in [-0.2, 0) is 25.5 Å². The van der Waals surface area contributed by atoms with Crippen LogP contribution in [0.15, 0.2) is 29.6 Å². The van der Waals surface area contributed by atoms with E-state index in [1.54, 1.807) is 31.4 Å². The number of carbonyl (C=O) groups is 4. The van der Waals surface area contributed by atoms with Gasteiger partial charge in [-0.25, -0.2) is 4.98 Å². The number of amides is 2. The van der Waals surface area contributed by atoms with E-state index in [2.05, 4.69) is 57.2 Å². The number of hydrogen-bond donors (Lipinski definition) is 4. The van der Waals surface area contributed by atoms with Crippen LogP contribution in [0.25, 0.3) is 0 Å². The number of unbranched alkanes of at least 4 members (excludes halogenated alkanes) is 3. The number of benzene rings is 1. The largest absolute Gasteiger partial charge is 0.481 e. The Labute approximate surface area is 346 Å². The summed E-state index contributed by atoms with van der Waals surface area (Å²) in [6, 6.07) is 6.55. The Hall–Kier alpha value is -3.55. The van der Waals surface area contributed by atoms with Gasteiger partial charge in [-0.15, -0.1) is 11.3 Å². The molecule has 1 aromatic heterocycles. The number of nitrogens with zero attached hydrogens (tertiary/aromatic N) is 3. The molecule has 1 aliphatic rings. The maximum Gasteiger partial charge on any atom is 0.309 e. The van der Waals surface area contributed by atoms with Gasteiger partial charge in [0.2, 0.25) is 5.91 Å². The normalized spacial score (nSPS) is 17.7. The molecule has 2 amide bonds. The van der Waals surface area contributed by atoms with Gasteiger partial charge in [0.15, 0.2) is 6.10 Å². The van der Waals surface area contributed by atoms with Gasteiger partial charge in [0.05, 0.1) is 11.5 Å². The zero-order valence-electron chi connectivity index (χ0n) is 36.1. The van der Waals surface area contributed by atoms with E-state index < -0.39 is 35.4 Å². The second-order valence-corrected chi connectivity index (χ2v) is 18.1. The highest BCUT2D eigenvalue weighted by atomic mass is 32.1. The SMILES string of the molecule is CCCCCCN(C(=O)[C@@H](NCC1CCCCN1C)[C@@H](C)CC)[C@H](C[C@@H](OC(C)=O)c1nc(C(=O)N[C@@H](Cc2ccc(N)cc2)CC(C)(C)C(=O)O)cs1)C(C)C. The average Bonchev–Trinajstić information content (AvgIpc) is 3.65. The van der Waals surface area contributed by atoms with Gasteiger partial charge in [0.1, 0.15) is 10.7 Å². The van der Waals surface area contributed by atoms with Crippen molar-refractivity contribution in [1.29, 1.82) is 0 Å². The number of aliphatic carboxylic acids is 1. The summed E-state index contributed by atoms with van der Waals surface area (Å²) in [4.78, 5) is 62.5. The Kier molecular flexibility index (Phi) is 19.4. The molecule has 0 radical (unpaired) electrons. The molecule has 6 atom stereocenters. The summed E-state index contributed by atoms with van der Waals surface area (Å²) in [6.07, 6.45) is 8.56. The molecule has 1 unspecified atom stereocenters. The van der Waals surface area contributed by atoms with Gasteiger partial charge < -0.3 is 36.0 Å². The number of nitrogen functional groups attached to an aromatic ring is 1. The third-order valence-electron chi connectivity index (χ3n) is 11.6. The van der Waals surface area contributed by atoms with E-state index in [-0.39, 0.29) is 41.9 Å². The van der Waals surface area contributed by atoms with Crippen molar-refractivity contribution in [2.45, 2.75) is 156 Å². The second-order valence-electron chi connectivity index (χ2n) is 17.2. The van der Waals surface area contributed by atoms with Gasteiger partial charge in [0, 0.05) is 55.6 Å². The van der Waals surface area contributed by atoms with Crippen LogP contribution in [0.3, 0.4) is 0 Å². The molecule has 3 rings (SSSR count). The lowest BCUT2D eigenvalue weighted by Crippen LogP contribution is -2.57. The number of carbonyl (C=O) groups excluding carboxylic acids is 3. The standard InChI is InChI=1S/C44H72N6O6S/c1-10-12-13-15-23-50(42(53)39(30(5)11-2)46-27-35-17-14-16-22-49(35)9)37(29(3)4)25-38(56-31(6)51)41-48-36(28-57-41)40(52)47-34(26-44(7,8)43(54)55)24-32-18-20-33(45)21-19-32/h18-21,28-30,34-35,37-39,46H,10-17,22-27,45H2,1-9H3,(H,47,52)(H,54,55)/t30-,34-,35?,37+,38+,39-/m0/s1. The number of piperidine rings is 1. The molecule has 57 heavy (non-hydrogen) atoms. The number of carboxylic acids is 1. The van der Waals surface area contributed by atoms with Crippen LogP contribution in [-0.4, -0.2) is 94.5 Å². The minimum atomic E-state index is -1.10. The van der Waals surface area contributed by atoms with Gasteiger partial charge in [-0.05, 0) is 89.1 Å². The average molecular weight is 813 g/mol. The molecular weight excluding hydrogens is 741 g/mol. The highest BCUT2D eigenvalue weighted by Gasteiger charge is 2.37. The summed E-state index contributed by atoms with van der Waals surface area (Å²) in [5, 5.41) is 18.8. The molecule has 2 aromatic rings. The summed E-state index contributed by atoms with van der Waals surface area (Å²) < 4.78 is 5.96. The van der Waals surface area contributed by atoms with Crippen molar-refractivity contribution in [3.8, 4) is 0 Å². The number of ether oxygens (including phenoxy) is 1. The van der Waals surface area contributed by atoms with Crippen LogP contribution in [0, 0.1) is 17.3 Å². The van der Waals surface area contributed by atoms with Gasteiger partial charge in [-0.1, -0.05) is 78.9 Å². The zero-order chi connectivity index (χ0) is 42.3. The van der Waals surface area contributed by atoms with Crippen molar-refractivity contribution in [3.05, 3.63) is 45.9 Å². The van der Waals surface area contributed by atoms with Crippen LogP contribution in [0.1, 0.15) is 147 Å². The molecule has 320 valence electrons. The number of rotatable bonds is 24. The van der Waals surface area contributed by atoms with E-state index in [0.717, 1.165) is 57.2 Å². The van der Waals surface area contributed by atoms with Crippen LogP contribution >= 0.6 is 11.3 Å². The fourth-order valence-electron chi connectivity index (χ4n) is 7.75. The van der Waals surface area contributed by atoms with Gasteiger partial charge in [0.25, 0.3) is 5.91 Å². The number of esters is 1. The number of anilines is 1. The Balaban J connectivity index is 1.91. The number of aromatic nitrogens is 1. The first-order chi connectivity index (χ1) is 27.0. The highest BCUT2D eigenvalue weighted by Crippen LogP contribution is 2.32. The van der Waals surface area contributed by atoms with E-state index in [4.69, 9.17) is 15.5 Å². The lowest BCUT2D eigenvalue weighted by atomic mass is 9.84. The van der Waals surface area contributed by atoms with Crippen LogP contribution < -0.4 is 16.4 Å². The van der Waals surface area contributed by atoms with Crippen LogP contribution in [0.2, 0.25) is 0 Å². The molecule has 1 aliphatic heterocycles. The Bertz CT molecular complexity index is 1560. The van der Waals surface area contributed by atoms with Gasteiger partial charge >= 0.3 is 11.9 Å². The first kappa shape index (κ1) is 47.8. The van der Waals surface area contributed by atoms with E-state index in [1.807, 2.05) is 17.0 Å². The molecular formula is C44H72N6O6S. The number of carboxylic acid groups (broad SMARTS) is 1. The summed E-state index contributed by atoms with van der Waals surface area (Å²) in [6.45, 7) is 17.7. The molecule has 0 saturated carbocycles. The fraction of sp³-hybridized carbons (Fsp3) is 0.705. The van der Waals surface area contributed by atoms with Gasteiger partial charge in [-0.3, -0.25) is 19.2 Å². The van der Waals surface area contributed by atoms with Crippen LogP contribution in [0.4, 0.5) is 5.69 Å². The Morgan fingerprint density at radius 3 is 2.39 bits per heavy atom. The van der Waals surface area contributed by atoms with Crippen molar-refractivity contribution in [1.82, 2.24) is 25.4 Å². The molecule has 0 spiro atoms. The minimum Gasteiger partial charge on any atom is -0.481 e. The lowest BCUT2D eigenvalue weighted by Gasteiger charge is -2.40. The molecule has 5 N–H and O–H groups in total. The predicted molar refractivity (Wildman–Crippen MR) is 229 cm³/mol. The lowest BCUT2D eigenvalue weighted by molar-refractivity contribution is -0.149. The molecule has 0 aliphatic carbocycles. The Morgan fingerprint density at radius 2 is 1.79 bits per heavy atom. The number of nitrogens with one attached hydrogen (secondary N) is 2. The zero-order valence-corrected chi connectivity index (χ0v) is 37.0. The number of likely N-dealkylation sites (N-methyl/N-ethyl adjacent to an activating group) is 1. The van der Waals surface area contributed by atoms with Crippen molar-refractivity contribution in [2.75, 3.05) is 32.4 Å². The van der Waals surface area contributed by atoms with Crippen molar-refractivity contribution >= 4 is 40.8 Å². The number of hydrogen-bond acceptors (Lipinski definition) is 10. The van der Waals surface area contributed by atoms with E-state index in [0.29, 0.717) is 36.1 Å². The third-order valence-corrected chi connectivity index (χ3v) is 12.5. The maximum atomic E-state index is 14.9. The molecule has 13 heteroatoms. The van der Waals surface area contributed by atoms with E-state index in [9.17, 15) is 24.3 Å². The van der Waals surface area contributed by atoms with Crippen molar-refractivity contribution in [2.24, 2.45) is 17.3 Å². The third kappa shape index (κ3) is 15.0. The topological polar surface area (TPSA) is 167 Å². The summed E-state index contributed by atoms with van der Waals surface area (Å²) in [7, 11) is 2.17. The van der Waals surface area contributed by atoms with Crippen LogP contribution in [0.5, 0.6) is 0 Å². The highest BCUT2D eigenvalue weighted by molar-refractivity contribution is 7.09. The fourth-order valence-corrected chi connectivity index (χ4v) is 8.59. The monoisotopic (exact) mass is 813 g/mol. The molecule has 1 saturated heterocycles. The molecule has 0 bridgehead atoms. The summed E-state index contributed by atoms with van der Waals surface area (Å²) in [5.74, 6) is -1.64. The Morgan fingerprint density at radius 1 is 1.09 bits per heavy atom. The minimum absolute atomic E-state index is 0.0367. The quantitative estimate of drug-likeness (QED) is 0.0474. The first-order valence-corrected chi connectivity index (χ1v) is 22.1. The number of likely N-dealkylation sites (tertiary alicyclic amines) is 1. The molecule has 2 heterocycles. The maximum absolute atomic E-state index is 14.9. The van der Waals surface area contributed by atoms with Crippen molar-refractivity contribution in [3.63, 3.8) is 0 Å². The summed E-state index contributed by atoms with van der Waals surface area (Å²) in [5.41, 5.74) is 6.47. The second kappa shape index (κ2) is 23.1. The smallest absolute Gasteiger partial charge is 0.309 e. The van der Waals surface area contributed by atoms with Gasteiger partial charge in [-0.2, -0.15) is 0 Å². The first-order valence-electron chi connectivity index (χ1n) is 21.2.